The van der Waals surface area contributed by atoms with Crippen molar-refractivity contribution in [3.8, 4) is 22.5 Å². The van der Waals surface area contributed by atoms with Gasteiger partial charge in [0.05, 0.1) is 30.7 Å². The fourth-order valence-electron chi connectivity index (χ4n) is 6.40. The van der Waals surface area contributed by atoms with Crippen molar-refractivity contribution in [1.29, 1.82) is 0 Å². The first kappa shape index (κ1) is 30.7. The van der Waals surface area contributed by atoms with Crippen molar-refractivity contribution >= 4 is 5.65 Å². The van der Waals surface area contributed by atoms with Gasteiger partial charge >= 0.3 is 5.76 Å². The Kier molecular flexibility index (Phi) is 9.14. The van der Waals surface area contributed by atoms with Gasteiger partial charge in [0.15, 0.2) is 5.82 Å². The van der Waals surface area contributed by atoms with Crippen molar-refractivity contribution in [3.63, 3.8) is 0 Å². The van der Waals surface area contributed by atoms with Gasteiger partial charge in [-0.15, -0.1) is 0 Å². The molecule has 6 rings (SSSR count). The maximum Gasteiger partial charge on any atom is 0.439 e. The molecule has 1 atom stereocenters. The zero-order chi connectivity index (χ0) is 31.5. The van der Waals surface area contributed by atoms with E-state index in [2.05, 4.69) is 34.3 Å². The second-order valence-corrected chi connectivity index (χ2v) is 12.4. The van der Waals surface area contributed by atoms with Gasteiger partial charge in [-0.3, -0.25) is 18.9 Å². The average Bonchev–Trinajstić information content (AvgIpc) is 3.72. The van der Waals surface area contributed by atoms with Gasteiger partial charge in [-0.1, -0.05) is 80.9 Å². The highest BCUT2D eigenvalue weighted by Gasteiger charge is 2.28. The summed E-state index contributed by atoms with van der Waals surface area (Å²) in [6, 6.07) is 17.9. The number of hydrogen-bond acceptors (Lipinski definition) is 7. The van der Waals surface area contributed by atoms with Gasteiger partial charge in [0.1, 0.15) is 5.65 Å². The molecule has 0 bridgehead atoms. The minimum Gasteiger partial charge on any atom is -0.390 e. The monoisotopic (exact) mass is 611 g/mol. The molecular formula is C35H41N5O5. The molecule has 3 aromatic heterocycles. The van der Waals surface area contributed by atoms with Crippen LogP contribution in [-0.2, 0) is 17.6 Å². The fourth-order valence-corrected chi connectivity index (χ4v) is 6.40. The van der Waals surface area contributed by atoms with Crippen molar-refractivity contribution < 1.29 is 14.4 Å². The molecule has 1 unspecified atom stereocenters. The van der Waals surface area contributed by atoms with E-state index in [0.29, 0.717) is 18.9 Å². The third kappa shape index (κ3) is 6.43. The quantitative estimate of drug-likeness (QED) is 0.200. The first-order chi connectivity index (χ1) is 21.8. The Morgan fingerprint density at radius 1 is 1.02 bits per heavy atom. The summed E-state index contributed by atoms with van der Waals surface area (Å²) in [5, 5.41) is 18.7. The lowest BCUT2D eigenvalue weighted by Crippen LogP contribution is -2.35. The number of benzene rings is 2. The number of aromatic amines is 1. The Morgan fingerprint density at radius 3 is 2.42 bits per heavy atom. The molecule has 10 heteroatoms. The Morgan fingerprint density at radius 2 is 1.76 bits per heavy atom. The number of fused-ring (bicyclic) bond motifs is 1. The Balaban J connectivity index is 1.28. The first-order valence-electron chi connectivity index (χ1n) is 16.0. The van der Waals surface area contributed by atoms with E-state index in [1.54, 1.807) is 6.20 Å². The van der Waals surface area contributed by atoms with Crippen molar-refractivity contribution in [2.24, 2.45) is 5.92 Å². The van der Waals surface area contributed by atoms with Crippen molar-refractivity contribution in [3.05, 3.63) is 98.5 Å². The third-order valence-corrected chi connectivity index (χ3v) is 8.99. The van der Waals surface area contributed by atoms with Crippen molar-refractivity contribution in [1.82, 2.24) is 24.3 Å². The summed E-state index contributed by atoms with van der Waals surface area (Å²) in [7, 11) is 0. The van der Waals surface area contributed by atoms with E-state index >= 15 is 0 Å². The normalized spacial score (nSPS) is 17.7. The van der Waals surface area contributed by atoms with Crippen LogP contribution in [0.3, 0.4) is 0 Å². The highest BCUT2D eigenvalue weighted by Crippen LogP contribution is 2.32. The smallest absolute Gasteiger partial charge is 0.390 e. The predicted octanol–water partition coefficient (Wildman–Crippen LogP) is 5.57. The molecule has 0 saturated heterocycles. The lowest BCUT2D eigenvalue weighted by Gasteiger charge is -2.31. The molecule has 0 spiro atoms. The minimum absolute atomic E-state index is 0.0513. The van der Waals surface area contributed by atoms with Gasteiger partial charge in [-0.2, -0.15) is 5.10 Å². The van der Waals surface area contributed by atoms with E-state index in [1.165, 1.54) is 0 Å². The van der Waals surface area contributed by atoms with Crippen LogP contribution < -0.4 is 11.3 Å². The van der Waals surface area contributed by atoms with Gasteiger partial charge in [-0.05, 0) is 54.7 Å². The van der Waals surface area contributed by atoms with Crippen LogP contribution in [0.25, 0.3) is 28.2 Å². The van der Waals surface area contributed by atoms with Crippen LogP contribution in [0.2, 0.25) is 0 Å². The maximum absolute atomic E-state index is 14.4. The molecule has 1 aliphatic carbocycles. The van der Waals surface area contributed by atoms with E-state index in [-0.39, 0.29) is 23.6 Å². The predicted molar refractivity (Wildman–Crippen MR) is 172 cm³/mol. The number of hydrogen-bond donors (Lipinski definition) is 2. The number of aliphatic hydroxyl groups excluding tert-OH is 1. The van der Waals surface area contributed by atoms with Crippen LogP contribution in [0.1, 0.15) is 75.7 Å². The van der Waals surface area contributed by atoms with Crippen molar-refractivity contribution in [2.75, 3.05) is 6.61 Å². The number of aromatic nitrogens is 5. The fraction of sp³-hybridized carbons (Fsp3) is 0.429. The number of ether oxygens (including phenoxy) is 1. The minimum atomic E-state index is -0.597. The summed E-state index contributed by atoms with van der Waals surface area (Å²) in [4.78, 5) is 28.6. The topological polar surface area (TPSA) is 128 Å². The van der Waals surface area contributed by atoms with E-state index in [0.717, 1.165) is 77.7 Å². The van der Waals surface area contributed by atoms with Crippen LogP contribution >= 0.6 is 0 Å². The lowest BCUT2D eigenvalue weighted by molar-refractivity contribution is -0.0416. The molecule has 0 radical (unpaired) electrons. The summed E-state index contributed by atoms with van der Waals surface area (Å²) in [6.45, 7) is 6.45. The molecule has 0 aliphatic heterocycles. The largest absolute Gasteiger partial charge is 0.439 e. The number of nitrogens with zero attached hydrogens (tertiary/aromatic N) is 4. The summed E-state index contributed by atoms with van der Waals surface area (Å²) in [6.07, 6.45) is 6.92. The first-order valence-corrected chi connectivity index (χ1v) is 16.0. The van der Waals surface area contributed by atoms with Crippen molar-refractivity contribution in [2.45, 2.75) is 84.0 Å². The van der Waals surface area contributed by atoms with E-state index in [4.69, 9.17) is 9.26 Å². The number of aryl methyl sites for hydroxylation is 1. The zero-order valence-corrected chi connectivity index (χ0v) is 26.1. The van der Waals surface area contributed by atoms with Crippen LogP contribution in [0, 0.1) is 5.92 Å². The molecule has 1 saturated carbocycles. The van der Waals surface area contributed by atoms with Gasteiger partial charge < -0.3 is 9.84 Å². The third-order valence-electron chi connectivity index (χ3n) is 8.99. The van der Waals surface area contributed by atoms with Crippen LogP contribution in [0.15, 0.2) is 74.9 Å². The molecule has 1 fully saturated rings. The molecule has 2 N–H and O–H groups in total. The lowest BCUT2D eigenvalue weighted by atomic mass is 9.92. The second kappa shape index (κ2) is 13.4. The van der Waals surface area contributed by atoms with Gasteiger partial charge in [0.2, 0.25) is 0 Å². The van der Waals surface area contributed by atoms with E-state index < -0.39 is 11.9 Å². The summed E-state index contributed by atoms with van der Waals surface area (Å²) >= 11 is 0. The number of rotatable bonds is 11. The SMILES string of the molecule is CCCc1c(Cc2ccc(-c3ccccc3-c3noc(=O)[nH]3)cc2)c(=O)n([C@H]2CC[C@H](OCC(O)C(C)C)CC2)c2ccnn12. The second-order valence-electron chi connectivity index (χ2n) is 12.4. The molecule has 236 valence electrons. The summed E-state index contributed by atoms with van der Waals surface area (Å²) in [5.74, 6) is -0.0558. The molecule has 1 aliphatic rings. The van der Waals surface area contributed by atoms with E-state index in [1.807, 2.05) is 65.4 Å². The maximum atomic E-state index is 14.4. The molecule has 45 heavy (non-hydrogen) atoms. The standard InChI is InChI=1S/C35H41N5O5/c1-4-7-30-29(20-23-10-12-24(13-11-23)27-8-5-6-9-28(27)33-37-35(43)45-38-33)34(42)39(32-18-19-36-40(30)32)25-14-16-26(17-15-25)44-21-31(41)22(2)3/h5-6,8-13,18-19,22,25-26,31,41H,4,7,14-17,20-21H2,1-3H3,(H,37,38,43)/t25-,26-,31?. The molecule has 0 amide bonds. The summed E-state index contributed by atoms with van der Waals surface area (Å²) in [5.41, 5.74) is 6.30. The average molecular weight is 612 g/mol. The zero-order valence-electron chi connectivity index (χ0n) is 26.1. The number of aliphatic hydroxyl groups is 1. The highest BCUT2D eigenvalue weighted by molar-refractivity contribution is 5.80. The molecule has 5 aromatic rings. The summed E-state index contributed by atoms with van der Waals surface area (Å²) < 4.78 is 14.7. The molecule has 3 heterocycles. The molecule has 2 aromatic carbocycles. The van der Waals surface area contributed by atoms with Gasteiger partial charge in [-0.25, -0.2) is 9.31 Å². The van der Waals surface area contributed by atoms with Crippen LogP contribution in [0.4, 0.5) is 0 Å². The Hall–Kier alpha value is -4.28. The van der Waals surface area contributed by atoms with Crippen LogP contribution in [0.5, 0.6) is 0 Å². The Bertz CT molecular complexity index is 1860. The molecule has 10 nitrogen and oxygen atoms in total. The van der Waals surface area contributed by atoms with Gasteiger partial charge in [0.25, 0.3) is 5.56 Å². The highest BCUT2D eigenvalue weighted by atomic mass is 16.5. The van der Waals surface area contributed by atoms with Gasteiger partial charge in [0, 0.05) is 29.7 Å². The van der Waals surface area contributed by atoms with E-state index in [9.17, 15) is 14.7 Å². The number of H-pyrrole nitrogens is 1. The molecular weight excluding hydrogens is 570 g/mol. The van der Waals surface area contributed by atoms with Crippen LogP contribution in [-0.4, -0.2) is 48.2 Å². The number of nitrogens with one attached hydrogen (secondary N) is 1. The Labute approximate surface area is 261 Å².